The van der Waals surface area contributed by atoms with Crippen molar-refractivity contribution in [2.45, 2.75) is 40.0 Å². The minimum absolute atomic E-state index is 0.187. The van der Waals surface area contributed by atoms with Gasteiger partial charge in [-0.05, 0) is 29.9 Å². The summed E-state index contributed by atoms with van der Waals surface area (Å²) in [5, 5.41) is 0. The van der Waals surface area contributed by atoms with Gasteiger partial charge in [0.25, 0.3) is 0 Å². The lowest BCUT2D eigenvalue weighted by atomic mass is 9.87. The number of carbonyl (C=O) groups excluding carboxylic acids is 1. The first-order valence-corrected chi connectivity index (χ1v) is 6.00. The van der Waals surface area contributed by atoms with Gasteiger partial charge in [-0.15, -0.1) is 0 Å². The first-order chi connectivity index (χ1) is 7.83. The Morgan fingerprint density at radius 2 is 1.76 bits per heavy atom. The molecule has 0 aliphatic carbocycles. The molecule has 0 saturated carbocycles. The van der Waals surface area contributed by atoms with E-state index in [4.69, 9.17) is 4.74 Å². The molecule has 0 aliphatic heterocycles. The molecule has 1 unspecified atom stereocenters. The largest absolute Gasteiger partial charge is 0.469 e. The molecule has 0 heterocycles. The second-order valence-electron chi connectivity index (χ2n) is 5.72. The summed E-state index contributed by atoms with van der Waals surface area (Å²) in [7, 11) is 1.42. The molecule has 0 N–H and O–H groups in total. The van der Waals surface area contributed by atoms with Crippen molar-refractivity contribution in [3.8, 4) is 0 Å². The number of methoxy groups -OCH3 is 1. The lowest BCUT2D eigenvalue weighted by molar-refractivity contribution is -0.141. The molecular weight excluding hydrogens is 212 g/mol. The minimum atomic E-state index is -0.191. The zero-order valence-corrected chi connectivity index (χ0v) is 11.4. The molecule has 0 aromatic heterocycles. The quantitative estimate of drug-likeness (QED) is 0.748. The second-order valence-corrected chi connectivity index (χ2v) is 5.72. The first kappa shape index (κ1) is 13.8. The Morgan fingerprint density at radius 3 is 2.18 bits per heavy atom. The number of rotatable bonds is 3. The Balaban J connectivity index is 2.78. The standard InChI is InChI=1S/C15H22O2/c1-11(14(16)17-5)13-8-6-12(7-9-13)10-15(2,3)4/h6-9,11H,10H2,1-5H3. The van der Waals surface area contributed by atoms with Crippen molar-refractivity contribution < 1.29 is 9.53 Å². The molecule has 2 nitrogen and oxygen atoms in total. The molecule has 0 spiro atoms. The van der Waals surface area contributed by atoms with Crippen molar-refractivity contribution in [1.82, 2.24) is 0 Å². The molecule has 17 heavy (non-hydrogen) atoms. The highest BCUT2D eigenvalue weighted by molar-refractivity contribution is 5.77. The van der Waals surface area contributed by atoms with Crippen LogP contribution in [0.3, 0.4) is 0 Å². The van der Waals surface area contributed by atoms with Crippen molar-refractivity contribution in [2.75, 3.05) is 7.11 Å². The number of ether oxygens (including phenoxy) is 1. The van der Waals surface area contributed by atoms with Crippen LogP contribution in [0.1, 0.15) is 44.7 Å². The van der Waals surface area contributed by atoms with E-state index >= 15 is 0 Å². The highest BCUT2D eigenvalue weighted by Crippen LogP contribution is 2.23. The Bertz CT molecular complexity index is 371. The van der Waals surface area contributed by atoms with Crippen LogP contribution in [-0.2, 0) is 16.0 Å². The van der Waals surface area contributed by atoms with Gasteiger partial charge in [0.05, 0.1) is 13.0 Å². The number of hydrogen-bond donors (Lipinski definition) is 0. The average Bonchev–Trinajstić information content (AvgIpc) is 2.26. The predicted octanol–water partition coefficient (Wildman–Crippen LogP) is 3.55. The first-order valence-electron chi connectivity index (χ1n) is 6.00. The molecule has 94 valence electrons. The summed E-state index contributed by atoms with van der Waals surface area (Å²) in [6, 6.07) is 8.23. The van der Waals surface area contributed by atoms with Gasteiger partial charge in [0.1, 0.15) is 0 Å². The van der Waals surface area contributed by atoms with Crippen LogP contribution in [0.2, 0.25) is 0 Å². The SMILES string of the molecule is COC(=O)C(C)c1ccc(CC(C)(C)C)cc1. The normalized spacial score (nSPS) is 13.2. The van der Waals surface area contributed by atoms with Crippen LogP contribution < -0.4 is 0 Å². The zero-order chi connectivity index (χ0) is 13.1. The van der Waals surface area contributed by atoms with Gasteiger partial charge >= 0.3 is 5.97 Å². The Hall–Kier alpha value is -1.31. The zero-order valence-electron chi connectivity index (χ0n) is 11.4. The fourth-order valence-corrected chi connectivity index (χ4v) is 1.85. The van der Waals surface area contributed by atoms with Crippen molar-refractivity contribution in [3.05, 3.63) is 35.4 Å². The van der Waals surface area contributed by atoms with Crippen molar-refractivity contribution >= 4 is 5.97 Å². The fourth-order valence-electron chi connectivity index (χ4n) is 1.85. The van der Waals surface area contributed by atoms with Gasteiger partial charge in [0.15, 0.2) is 0 Å². The van der Waals surface area contributed by atoms with Gasteiger partial charge < -0.3 is 4.74 Å². The maximum atomic E-state index is 11.4. The molecule has 0 radical (unpaired) electrons. The summed E-state index contributed by atoms with van der Waals surface area (Å²) in [5.41, 5.74) is 2.60. The van der Waals surface area contributed by atoms with Crippen LogP contribution in [0.5, 0.6) is 0 Å². The molecule has 0 fully saturated rings. The Kier molecular flexibility index (Phi) is 4.33. The molecule has 0 saturated heterocycles. The van der Waals surface area contributed by atoms with Crippen LogP contribution >= 0.6 is 0 Å². The van der Waals surface area contributed by atoms with E-state index in [1.807, 2.05) is 19.1 Å². The van der Waals surface area contributed by atoms with E-state index in [9.17, 15) is 4.79 Å². The lowest BCUT2D eigenvalue weighted by Crippen LogP contribution is -2.11. The molecule has 1 aromatic carbocycles. The van der Waals surface area contributed by atoms with E-state index in [0.29, 0.717) is 0 Å². The topological polar surface area (TPSA) is 26.3 Å². The smallest absolute Gasteiger partial charge is 0.312 e. The molecule has 0 bridgehead atoms. The van der Waals surface area contributed by atoms with Gasteiger partial charge in [-0.1, -0.05) is 45.0 Å². The number of carbonyl (C=O) groups is 1. The van der Waals surface area contributed by atoms with E-state index in [2.05, 4.69) is 32.9 Å². The summed E-state index contributed by atoms with van der Waals surface area (Å²) >= 11 is 0. The Labute approximate surface area is 104 Å². The molecule has 2 heteroatoms. The van der Waals surface area contributed by atoms with Crippen molar-refractivity contribution in [1.29, 1.82) is 0 Å². The summed E-state index contributed by atoms with van der Waals surface area (Å²) < 4.78 is 4.74. The van der Waals surface area contributed by atoms with E-state index in [0.717, 1.165) is 12.0 Å². The van der Waals surface area contributed by atoms with E-state index < -0.39 is 0 Å². The van der Waals surface area contributed by atoms with Crippen LogP contribution in [0.15, 0.2) is 24.3 Å². The molecule has 0 aliphatic rings. The van der Waals surface area contributed by atoms with Gasteiger partial charge in [0.2, 0.25) is 0 Å². The summed E-state index contributed by atoms with van der Waals surface area (Å²) in [6.07, 6.45) is 1.04. The monoisotopic (exact) mass is 234 g/mol. The predicted molar refractivity (Wildman–Crippen MR) is 70.0 cm³/mol. The lowest BCUT2D eigenvalue weighted by Gasteiger charge is -2.18. The number of esters is 1. The van der Waals surface area contributed by atoms with Crippen LogP contribution in [0, 0.1) is 5.41 Å². The molecule has 0 amide bonds. The van der Waals surface area contributed by atoms with Crippen LogP contribution in [0.4, 0.5) is 0 Å². The highest BCUT2D eigenvalue weighted by atomic mass is 16.5. The van der Waals surface area contributed by atoms with E-state index in [-0.39, 0.29) is 17.3 Å². The van der Waals surface area contributed by atoms with Gasteiger partial charge in [-0.25, -0.2) is 0 Å². The maximum Gasteiger partial charge on any atom is 0.312 e. The minimum Gasteiger partial charge on any atom is -0.469 e. The average molecular weight is 234 g/mol. The van der Waals surface area contributed by atoms with Gasteiger partial charge in [-0.2, -0.15) is 0 Å². The highest BCUT2D eigenvalue weighted by Gasteiger charge is 2.16. The van der Waals surface area contributed by atoms with Gasteiger partial charge in [0, 0.05) is 0 Å². The van der Waals surface area contributed by atoms with Crippen LogP contribution in [0.25, 0.3) is 0 Å². The third-order valence-corrected chi connectivity index (χ3v) is 2.77. The van der Waals surface area contributed by atoms with E-state index in [1.54, 1.807) is 0 Å². The fraction of sp³-hybridized carbons (Fsp3) is 0.533. The van der Waals surface area contributed by atoms with E-state index in [1.165, 1.54) is 12.7 Å². The second kappa shape index (κ2) is 5.35. The summed E-state index contributed by atoms with van der Waals surface area (Å²) in [6.45, 7) is 8.53. The maximum absolute atomic E-state index is 11.4. The van der Waals surface area contributed by atoms with Gasteiger partial charge in [-0.3, -0.25) is 4.79 Å². The molecular formula is C15H22O2. The third-order valence-electron chi connectivity index (χ3n) is 2.77. The van der Waals surface area contributed by atoms with Crippen LogP contribution in [-0.4, -0.2) is 13.1 Å². The Morgan fingerprint density at radius 1 is 1.24 bits per heavy atom. The molecule has 1 rings (SSSR count). The summed E-state index contributed by atoms with van der Waals surface area (Å²) in [4.78, 5) is 11.4. The third kappa shape index (κ3) is 4.22. The molecule has 1 atom stereocenters. The summed E-state index contributed by atoms with van der Waals surface area (Å²) in [5.74, 6) is -0.378. The number of hydrogen-bond acceptors (Lipinski definition) is 2. The molecule has 1 aromatic rings. The van der Waals surface area contributed by atoms with Crippen molar-refractivity contribution in [3.63, 3.8) is 0 Å². The number of benzene rings is 1. The van der Waals surface area contributed by atoms with Crippen molar-refractivity contribution in [2.24, 2.45) is 5.41 Å².